The van der Waals surface area contributed by atoms with E-state index in [4.69, 9.17) is 0 Å². The fourth-order valence-corrected chi connectivity index (χ4v) is 4.69. The van der Waals surface area contributed by atoms with Crippen LogP contribution in [0.15, 0.2) is 91.0 Å². The minimum Gasteiger partial charge on any atom is -0.337 e. The van der Waals surface area contributed by atoms with E-state index in [0.29, 0.717) is 0 Å². The Morgan fingerprint density at radius 1 is 0.871 bits per heavy atom. The second kappa shape index (κ2) is 9.93. The van der Waals surface area contributed by atoms with E-state index < -0.39 is 0 Å². The molecule has 0 saturated carbocycles. The number of likely N-dealkylation sites (N-methyl/N-ethyl adjacent to an activating group) is 1. The van der Waals surface area contributed by atoms with Crippen LogP contribution in [-0.4, -0.2) is 42.4 Å². The molecule has 3 aromatic carbocycles. The Labute approximate surface area is 186 Å². The van der Waals surface area contributed by atoms with Gasteiger partial charge >= 0.3 is 0 Å². The molecule has 0 radical (unpaired) electrons. The second-order valence-electron chi connectivity index (χ2n) is 8.78. The van der Waals surface area contributed by atoms with Crippen molar-refractivity contribution in [1.82, 2.24) is 9.80 Å². The third-order valence-electron chi connectivity index (χ3n) is 6.45. The second-order valence-corrected chi connectivity index (χ2v) is 8.78. The number of amides is 1. The first-order valence-corrected chi connectivity index (χ1v) is 11.3. The highest BCUT2D eigenvalue weighted by Crippen LogP contribution is 2.31. The summed E-state index contributed by atoms with van der Waals surface area (Å²) in [4.78, 5) is 18.5. The van der Waals surface area contributed by atoms with Crippen molar-refractivity contribution in [2.24, 2.45) is 5.92 Å². The zero-order valence-electron chi connectivity index (χ0n) is 18.5. The maximum Gasteiger partial charge on any atom is 0.234 e. The van der Waals surface area contributed by atoms with Gasteiger partial charge < -0.3 is 9.80 Å². The maximum atomic E-state index is 14.0. The molecule has 0 aromatic heterocycles. The molecule has 4 rings (SSSR count). The first-order valence-electron chi connectivity index (χ1n) is 11.3. The van der Waals surface area contributed by atoms with Gasteiger partial charge in [0, 0.05) is 20.1 Å². The first-order chi connectivity index (χ1) is 15.1. The largest absolute Gasteiger partial charge is 0.337 e. The van der Waals surface area contributed by atoms with E-state index in [9.17, 15) is 4.79 Å². The van der Waals surface area contributed by atoms with Gasteiger partial charge in [-0.1, -0.05) is 97.9 Å². The molecule has 1 amide bonds. The van der Waals surface area contributed by atoms with Crippen molar-refractivity contribution >= 4 is 5.91 Å². The molecule has 0 aliphatic carbocycles. The minimum atomic E-state index is -0.309. The van der Waals surface area contributed by atoms with Gasteiger partial charge in [-0.25, -0.2) is 0 Å². The third-order valence-corrected chi connectivity index (χ3v) is 6.45. The SMILES string of the molecule is C[C@H]1CCN(CC(c2ccccc2)N(C)C(=O)C(c2ccccc2)c2ccccc2)C1. The molecule has 3 heteroatoms. The molecule has 3 aromatic rings. The normalized spacial score (nSPS) is 17.6. The average molecular weight is 413 g/mol. The quantitative estimate of drug-likeness (QED) is 0.522. The monoisotopic (exact) mass is 412 g/mol. The molecule has 160 valence electrons. The Balaban J connectivity index is 1.66. The fourth-order valence-electron chi connectivity index (χ4n) is 4.69. The van der Waals surface area contributed by atoms with E-state index in [1.165, 1.54) is 12.0 Å². The maximum absolute atomic E-state index is 14.0. The van der Waals surface area contributed by atoms with E-state index in [1.807, 2.05) is 54.4 Å². The lowest BCUT2D eigenvalue weighted by Gasteiger charge is -2.34. The Morgan fingerprint density at radius 2 is 1.35 bits per heavy atom. The first kappa shape index (κ1) is 21.3. The fraction of sp³-hybridized carbons (Fsp3) is 0.321. The zero-order chi connectivity index (χ0) is 21.6. The Bertz CT molecular complexity index is 919. The Kier molecular flexibility index (Phi) is 6.83. The number of hydrogen-bond donors (Lipinski definition) is 0. The van der Waals surface area contributed by atoms with E-state index in [2.05, 4.69) is 60.4 Å². The number of rotatable bonds is 7. The lowest BCUT2D eigenvalue weighted by Crippen LogP contribution is -2.41. The van der Waals surface area contributed by atoms with Crippen LogP contribution in [0.3, 0.4) is 0 Å². The topological polar surface area (TPSA) is 23.6 Å². The molecular weight excluding hydrogens is 380 g/mol. The van der Waals surface area contributed by atoms with Crippen LogP contribution in [0.1, 0.15) is 42.0 Å². The molecule has 1 heterocycles. The van der Waals surface area contributed by atoms with E-state index in [0.717, 1.165) is 36.7 Å². The highest BCUT2D eigenvalue weighted by Gasteiger charge is 2.32. The van der Waals surface area contributed by atoms with Crippen molar-refractivity contribution in [3.8, 4) is 0 Å². The lowest BCUT2D eigenvalue weighted by atomic mass is 9.89. The highest BCUT2D eigenvalue weighted by molar-refractivity contribution is 5.87. The summed E-state index contributed by atoms with van der Waals surface area (Å²) < 4.78 is 0. The summed E-state index contributed by atoms with van der Waals surface area (Å²) in [7, 11) is 1.97. The summed E-state index contributed by atoms with van der Waals surface area (Å²) in [5.74, 6) is 0.549. The smallest absolute Gasteiger partial charge is 0.234 e. The van der Waals surface area contributed by atoms with Crippen LogP contribution >= 0.6 is 0 Å². The van der Waals surface area contributed by atoms with Crippen LogP contribution in [0.2, 0.25) is 0 Å². The lowest BCUT2D eigenvalue weighted by molar-refractivity contribution is -0.133. The zero-order valence-corrected chi connectivity index (χ0v) is 18.5. The van der Waals surface area contributed by atoms with Gasteiger partial charge in [-0.2, -0.15) is 0 Å². The molecule has 0 bridgehead atoms. The number of hydrogen-bond acceptors (Lipinski definition) is 2. The molecular formula is C28H32N2O. The molecule has 1 unspecified atom stereocenters. The van der Waals surface area contributed by atoms with Gasteiger partial charge in [0.1, 0.15) is 0 Å². The van der Waals surface area contributed by atoms with Gasteiger partial charge in [-0.3, -0.25) is 4.79 Å². The summed E-state index contributed by atoms with van der Waals surface area (Å²) in [6.45, 7) is 5.39. The number of benzene rings is 3. The summed E-state index contributed by atoms with van der Waals surface area (Å²) in [6, 6.07) is 30.8. The average Bonchev–Trinajstić information content (AvgIpc) is 3.24. The van der Waals surface area contributed by atoms with Crippen LogP contribution < -0.4 is 0 Å². The molecule has 0 N–H and O–H groups in total. The molecule has 31 heavy (non-hydrogen) atoms. The predicted octanol–water partition coefficient (Wildman–Crippen LogP) is 5.36. The number of carbonyl (C=O) groups excluding carboxylic acids is 1. The highest BCUT2D eigenvalue weighted by atomic mass is 16.2. The Hall–Kier alpha value is -2.91. The predicted molar refractivity (Wildman–Crippen MR) is 127 cm³/mol. The van der Waals surface area contributed by atoms with Gasteiger partial charge in [-0.05, 0) is 35.6 Å². The van der Waals surface area contributed by atoms with Crippen molar-refractivity contribution in [1.29, 1.82) is 0 Å². The summed E-state index contributed by atoms with van der Waals surface area (Å²) in [5.41, 5.74) is 3.26. The molecule has 0 spiro atoms. The van der Waals surface area contributed by atoms with E-state index in [-0.39, 0.29) is 17.9 Å². The molecule has 1 aliphatic rings. The van der Waals surface area contributed by atoms with Gasteiger partial charge in [0.25, 0.3) is 0 Å². The van der Waals surface area contributed by atoms with Crippen molar-refractivity contribution < 1.29 is 4.79 Å². The van der Waals surface area contributed by atoms with Crippen LogP contribution in [-0.2, 0) is 4.79 Å². The summed E-state index contributed by atoms with van der Waals surface area (Å²) in [6.07, 6.45) is 1.23. The van der Waals surface area contributed by atoms with Gasteiger partial charge in [-0.15, -0.1) is 0 Å². The minimum absolute atomic E-state index is 0.0222. The van der Waals surface area contributed by atoms with Gasteiger partial charge in [0.15, 0.2) is 0 Å². The summed E-state index contributed by atoms with van der Waals surface area (Å²) in [5, 5.41) is 0. The van der Waals surface area contributed by atoms with Gasteiger partial charge in [0.05, 0.1) is 12.0 Å². The summed E-state index contributed by atoms with van der Waals surface area (Å²) >= 11 is 0. The third kappa shape index (κ3) is 5.05. The van der Waals surface area contributed by atoms with Crippen LogP contribution in [0, 0.1) is 5.92 Å². The number of nitrogens with zero attached hydrogens (tertiary/aromatic N) is 2. The van der Waals surface area contributed by atoms with E-state index in [1.54, 1.807) is 0 Å². The van der Waals surface area contributed by atoms with Crippen molar-refractivity contribution in [2.75, 3.05) is 26.7 Å². The standard InChI is InChI=1S/C28H32N2O/c1-22-18-19-30(20-22)21-26(23-12-6-3-7-13-23)29(2)28(31)27(24-14-8-4-9-15-24)25-16-10-5-11-17-25/h3-17,22,26-27H,18-21H2,1-2H3/t22-,26?/m0/s1. The molecule has 1 fully saturated rings. The molecule has 1 aliphatic heterocycles. The number of carbonyl (C=O) groups is 1. The van der Waals surface area contributed by atoms with E-state index >= 15 is 0 Å². The van der Waals surface area contributed by atoms with Crippen molar-refractivity contribution in [3.63, 3.8) is 0 Å². The van der Waals surface area contributed by atoms with Crippen LogP contribution in [0.25, 0.3) is 0 Å². The van der Waals surface area contributed by atoms with Gasteiger partial charge in [0.2, 0.25) is 5.91 Å². The van der Waals surface area contributed by atoms with Crippen molar-refractivity contribution in [3.05, 3.63) is 108 Å². The molecule has 1 saturated heterocycles. The number of likely N-dealkylation sites (tertiary alicyclic amines) is 1. The Morgan fingerprint density at radius 3 is 1.81 bits per heavy atom. The van der Waals surface area contributed by atoms with Crippen LogP contribution in [0.4, 0.5) is 0 Å². The molecule has 2 atom stereocenters. The molecule has 3 nitrogen and oxygen atoms in total. The van der Waals surface area contributed by atoms with Crippen molar-refractivity contribution in [2.45, 2.75) is 25.3 Å². The van der Waals surface area contributed by atoms with Crippen LogP contribution in [0.5, 0.6) is 0 Å².